The highest BCUT2D eigenvalue weighted by atomic mass is 16.5. The van der Waals surface area contributed by atoms with Crippen molar-refractivity contribution in [1.82, 2.24) is 0 Å². The maximum absolute atomic E-state index is 10.0. The predicted molar refractivity (Wildman–Crippen MR) is 127 cm³/mol. The summed E-state index contributed by atoms with van der Waals surface area (Å²) in [6, 6.07) is 15.0. The number of phenols is 2. The second-order valence-electron chi connectivity index (χ2n) is 6.88. The van der Waals surface area contributed by atoms with Gasteiger partial charge in [-0.3, -0.25) is 0 Å². The van der Waals surface area contributed by atoms with Crippen LogP contribution in [0.1, 0.15) is 22.3 Å². The number of hydrogen-bond donors (Lipinski definition) is 2. The SMILES string of the molecule is COc1cc(/C=C/c2ccc(/C=C/c3cc(OC)c(O)c(OC)c3)cc2)cc(OC)c1O. The van der Waals surface area contributed by atoms with Gasteiger partial charge in [0.1, 0.15) is 0 Å². The third-order valence-corrected chi connectivity index (χ3v) is 4.88. The molecule has 0 bridgehead atoms. The van der Waals surface area contributed by atoms with Gasteiger partial charge in [-0.2, -0.15) is 0 Å². The van der Waals surface area contributed by atoms with Crippen molar-refractivity contribution in [3.8, 4) is 34.5 Å². The van der Waals surface area contributed by atoms with Crippen LogP contribution in [0.25, 0.3) is 24.3 Å². The van der Waals surface area contributed by atoms with Gasteiger partial charge in [0.25, 0.3) is 0 Å². The van der Waals surface area contributed by atoms with E-state index >= 15 is 0 Å². The summed E-state index contributed by atoms with van der Waals surface area (Å²) in [4.78, 5) is 0. The summed E-state index contributed by atoms with van der Waals surface area (Å²) >= 11 is 0. The average Bonchev–Trinajstić information content (AvgIpc) is 2.83. The fraction of sp³-hybridized carbons (Fsp3) is 0.154. The minimum absolute atomic E-state index is 0.0211. The Labute approximate surface area is 187 Å². The van der Waals surface area contributed by atoms with E-state index in [0.717, 1.165) is 22.3 Å². The number of ether oxygens (including phenoxy) is 4. The lowest BCUT2D eigenvalue weighted by molar-refractivity contribution is 0.340. The summed E-state index contributed by atoms with van der Waals surface area (Å²) in [6.07, 6.45) is 7.78. The van der Waals surface area contributed by atoms with Crippen molar-refractivity contribution in [3.63, 3.8) is 0 Å². The molecule has 0 aliphatic heterocycles. The number of rotatable bonds is 8. The van der Waals surface area contributed by atoms with E-state index < -0.39 is 0 Å². The Bertz CT molecular complexity index is 989. The van der Waals surface area contributed by atoms with Crippen LogP contribution in [0.15, 0.2) is 48.5 Å². The van der Waals surface area contributed by atoms with E-state index in [2.05, 4.69) is 0 Å². The van der Waals surface area contributed by atoms with E-state index in [1.807, 2.05) is 48.6 Å². The maximum Gasteiger partial charge on any atom is 0.200 e. The molecule has 0 aliphatic carbocycles. The van der Waals surface area contributed by atoms with Crippen LogP contribution in [0.3, 0.4) is 0 Å². The molecule has 0 spiro atoms. The van der Waals surface area contributed by atoms with Gasteiger partial charge in [0, 0.05) is 0 Å². The van der Waals surface area contributed by atoms with Gasteiger partial charge in [0.15, 0.2) is 23.0 Å². The first-order valence-corrected chi connectivity index (χ1v) is 9.85. The first-order valence-electron chi connectivity index (χ1n) is 9.85. The zero-order valence-electron chi connectivity index (χ0n) is 18.5. The van der Waals surface area contributed by atoms with E-state index in [1.54, 1.807) is 24.3 Å². The Morgan fingerprint density at radius 2 is 0.719 bits per heavy atom. The quantitative estimate of drug-likeness (QED) is 0.458. The van der Waals surface area contributed by atoms with Gasteiger partial charge < -0.3 is 29.2 Å². The van der Waals surface area contributed by atoms with E-state index in [4.69, 9.17) is 18.9 Å². The minimum atomic E-state index is -0.0211. The van der Waals surface area contributed by atoms with Crippen molar-refractivity contribution in [3.05, 3.63) is 70.8 Å². The standard InChI is InChI=1S/C26H26O6/c1-29-21-13-19(14-22(30-2)25(21)27)11-9-17-5-7-18(8-6-17)10-12-20-15-23(31-3)26(28)24(16-20)32-4/h5-16,27-28H,1-4H3/b11-9+,12-10+. The lowest BCUT2D eigenvalue weighted by atomic mass is 10.1. The van der Waals surface area contributed by atoms with Gasteiger partial charge >= 0.3 is 0 Å². The van der Waals surface area contributed by atoms with Crippen LogP contribution < -0.4 is 18.9 Å². The van der Waals surface area contributed by atoms with Gasteiger partial charge in [-0.05, 0) is 46.5 Å². The summed E-state index contributed by atoms with van der Waals surface area (Å²) < 4.78 is 20.8. The van der Waals surface area contributed by atoms with E-state index in [9.17, 15) is 10.2 Å². The molecule has 0 atom stereocenters. The Kier molecular flexibility index (Phi) is 7.29. The fourth-order valence-corrected chi connectivity index (χ4v) is 3.12. The third kappa shape index (κ3) is 5.16. The number of benzene rings is 3. The summed E-state index contributed by atoms with van der Waals surface area (Å²) in [6.45, 7) is 0. The van der Waals surface area contributed by atoms with Gasteiger partial charge in [0.05, 0.1) is 28.4 Å². The summed E-state index contributed by atoms with van der Waals surface area (Å²) in [5.74, 6) is 1.37. The average molecular weight is 434 g/mol. The number of aromatic hydroxyl groups is 2. The van der Waals surface area contributed by atoms with Gasteiger partial charge in [0.2, 0.25) is 11.5 Å². The molecule has 3 rings (SSSR count). The van der Waals surface area contributed by atoms with Crippen LogP contribution >= 0.6 is 0 Å². The molecule has 2 N–H and O–H groups in total. The molecule has 0 radical (unpaired) electrons. The van der Waals surface area contributed by atoms with Gasteiger partial charge in [-0.25, -0.2) is 0 Å². The molecular weight excluding hydrogens is 408 g/mol. The van der Waals surface area contributed by atoms with Crippen molar-refractivity contribution in [2.24, 2.45) is 0 Å². The molecule has 0 saturated heterocycles. The predicted octanol–water partition coefficient (Wildman–Crippen LogP) is 5.47. The van der Waals surface area contributed by atoms with Gasteiger partial charge in [-0.15, -0.1) is 0 Å². The Morgan fingerprint density at radius 1 is 0.469 bits per heavy atom. The first-order chi connectivity index (χ1) is 15.5. The van der Waals surface area contributed by atoms with Crippen LogP contribution in [0.5, 0.6) is 34.5 Å². The largest absolute Gasteiger partial charge is 0.502 e. The number of hydrogen-bond acceptors (Lipinski definition) is 6. The van der Waals surface area contributed by atoms with Crippen LogP contribution in [0.4, 0.5) is 0 Å². The van der Waals surface area contributed by atoms with Crippen molar-refractivity contribution in [2.75, 3.05) is 28.4 Å². The summed E-state index contributed by atoms with van der Waals surface area (Å²) in [5, 5.41) is 20.1. The second-order valence-corrected chi connectivity index (χ2v) is 6.88. The highest BCUT2D eigenvalue weighted by Gasteiger charge is 2.10. The molecule has 0 fully saturated rings. The van der Waals surface area contributed by atoms with Crippen LogP contribution in [-0.2, 0) is 0 Å². The van der Waals surface area contributed by atoms with Crippen LogP contribution in [0, 0.1) is 0 Å². The molecule has 6 nitrogen and oxygen atoms in total. The monoisotopic (exact) mass is 434 g/mol. The molecule has 0 aliphatic rings. The van der Waals surface area contributed by atoms with Crippen molar-refractivity contribution >= 4 is 24.3 Å². The van der Waals surface area contributed by atoms with Gasteiger partial charge in [-0.1, -0.05) is 48.6 Å². The second kappa shape index (κ2) is 10.3. The van der Waals surface area contributed by atoms with E-state index in [-0.39, 0.29) is 11.5 Å². The van der Waals surface area contributed by atoms with Crippen molar-refractivity contribution < 1.29 is 29.2 Å². The third-order valence-electron chi connectivity index (χ3n) is 4.88. The zero-order valence-corrected chi connectivity index (χ0v) is 18.5. The molecule has 3 aromatic rings. The Balaban J connectivity index is 1.76. The molecule has 3 aromatic carbocycles. The molecule has 0 aromatic heterocycles. The topological polar surface area (TPSA) is 77.4 Å². The zero-order chi connectivity index (χ0) is 23.1. The summed E-state index contributed by atoms with van der Waals surface area (Å²) in [7, 11) is 5.99. The minimum Gasteiger partial charge on any atom is -0.502 e. The van der Waals surface area contributed by atoms with E-state index in [1.165, 1.54) is 28.4 Å². The van der Waals surface area contributed by atoms with E-state index in [0.29, 0.717) is 23.0 Å². The smallest absolute Gasteiger partial charge is 0.200 e. The van der Waals surface area contributed by atoms with Crippen LogP contribution in [0.2, 0.25) is 0 Å². The first kappa shape index (κ1) is 22.6. The van der Waals surface area contributed by atoms with Crippen LogP contribution in [-0.4, -0.2) is 38.7 Å². The molecule has 0 saturated carbocycles. The highest BCUT2D eigenvalue weighted by Crippen LogP contribution is 2.38. The molecular formula is C26H26O6. The molecule has 0 amide bonds. The lowest BCUT2D eigenvalue weighted by Gasteiger charge is -2.09. The van der Waals surface area contributed by atoms with Crippen molar-refractivity contribution in [2.45, 2.75) is 0 Å². The Hall–Kier alpha value is -4.06. The highest BCUT2D eigenvalue weighted by molar-refractivity contribution is 5.75. The fourth-order valence-electron chi connectivity index (χ4n) is 3.12. The molecule has 0 unspecified atom stereocenters. The molecule has 32 heavy (non-hydrogen) atoms. The Morgan fingerprint density at radius 3 is 0.969 bits per heavy atom. The normalized spacial score (nSPS) is 11.1. The lowest BCUT2D eigenvalue weighted by Crippen LogP contribution is -1.90. The molecule has 6 heteroatoms. The molecule has 0 heterocycles. The van der Waals surface area contributed by atoms with Crippen molar-refractivity contribution in [1.29, 1.82) is 0 Å². The maximum atomic E-state index is 10.0. The number of phenolic OH excluding ortho intramolecular Hbond substituents is 2. The molecule has 166 valence electrons. The summed E-state index contributed by atoms with van der Waals surface area (Å²) in [5.41, 5.74) is 3.72. The number of methoxy groups -OCH3 is 4.